The summed E-state index contributed by atoms with van der Waals surface area (Å²) >= 11 is 0. The third kappa shape index (κ3) is 4.92. The summed E-state index contributed by atoms with van der Waals surface area (Å²) in [7, 11) is 0. The number of aliphatic hydroxyl groups is 1. The molecule has 6 heteroatoms. The molecule has 0 aliphatic carbocycles. The van der Waals surface area contributed by atoms with Crippen molar-refractivity contribution in [3.05, 3.63) is 95.1 Å². The van der Waals surface area contributed by atoms with Crippen LogP contribution >= 0.6 is 0 Å². The molecule has 0 spiro atoms. The van der Waals surface area contributed by atoms with Crippen molar-refractivity contribution >= 4 is 23.1 Å². The number of rotatable bonds is 8. The lowest BCUT2D eigenvalue weighted by molar-refractivity contribution is -0.132. The molecule has 1 aliphatic heterocycles. The van der Waals surface area contributed by atoms with E-state index in [9.17, 15) is 14.7 Å². The van der Waals surface area contributed by atoms with Crippen molar-refractivity contribution in [2.45, 2.75) is 33.2 Å². The van der Waals surface area contributed by atoms with Gasteiger partial charge >= 0.3 is 0 Å². The number of hydrogen-bond donors (Lipinski definition) is 1. The van der Waals surface area contributed by atoms with E-state index in [0.717, 1.165) is 17.5 Å². The fourth-order valence-corrected chi connectivity index (χ4v) is 4.21. The minimum atomic E-state index is -0.774. The summed E-state index contributed by atoms with van der Waals surface area (Å²) in [6.07, 6.45) is 0.882. The molecule has 3 aromatic carbocycles. The van der Waals surface area contributed by atoms with E-state index in [-0.39, 0.29) is 11.3 Å². The van der Waals surface area contributed by atoms with Crippen LogP contribution in [0.1, 0.15) is 43.0 Å². The van der Waals surface area contributed by atoms with Gasteiger partial charge in [-0.1, -0.05) is 36.8 Å². The van der Waals surface area contributed by atoms with Gasteiger partial charge in [0.2, 0.25) is 0 Å². The lowest BCUT2D eigenvalue weighted by Crippen LogP contribution is -2.29. The monoisotopic (exact) mass is 471 g/mol. The molecule has 1 N–H and O–H groups in total. The first-order chi connectivity index (χ1) is 16.9. The third-order valence-corrected chi connectivity index (χ3v) is 5.83. The number of aliphatic hydroxyl groups excluding tert-OH is 1. The van der Waals surface area contributed by atoms with Gasteiger partial charge in [0, 0.05) is 11.3 Å². The number of carbonyl (C=O) groups excluding carboxylic acids is 2. The highest BCUT2D eigenvalue weighted by atomic mass is 16.5. The highest BCUT2D eigenvalue weighted by Crippen LogP contribution is 2.42. The summed E-state index contributed by atoms with van der Waals surface area (Å²) in [5, 5.41) is 11.3. The third-order valence-electron chi connectivity index (χ3n) is 5.83. The molecule has 0 radical (unpaired) electrons. The normalized spacial score (nSPS) is 17.0. The second-order valence-electron chi connectivity index (χ2n) is 8.38. The van der Waals surface area contributed by atoms with E-state index in [2.05, 4.69) is 0 Å². The molecule has 1 saturated heterocycles. The average molecular weight is 472 g/mol. The van der Waals surface area contributed by atoms with Crippen LogP contribution in [0.2, 0.25) is 0 Å². The zero-order valence-electron chi connectivity index (χ0n) is 20.2. The SMILES string of the molecule is CCCOc1ccc(/C(O)=C2/C(=O)C(=O)N(c3ccc(OCC)cc3)C2c2cccc(C)c2)cc1. The fraction of sp³-hybridized carbons (Fsp3) is 0.241. The van der Waals surface area contributed by atoms with E-state index in [1.54, 1.807) is 48.5 Å². The Kier molecular flexibility index (Phi) is 7.20. The molecular weight excluding hydrogens is 442 g/mol. The smallest absolute Gasteiger partial charge is 0.300 e. The van der Waals surface area contributed by atoms with Crippen molar-refractivity contribution in [1.29, 1.82) is 0 Å². The van der Waals surface area contributed by atoms with Crippen LogP contribution in [0.4, 0.5) is 5.69 Å². The Bertz CT molecular complexity index is 1240. The van der Waals surface area contributed by atoms with E-state index < -0.39 is 17.7 Å². The van der Waals surface area contributed by atoms with Crippen molar-refractivity contribution in [2.24, 2.45) is 0 Å². The van der Waals surface area contributed by atoms with Gasteiger partial charge in [0.1, 0.15) is 17.3 Å². The van der Waals surface area contributed by atoms with Crippen LogP contribution in [-0.4, -0.2) is 30.0 Å². The van der Waals surface area contributed by atoms with Crippen LogP contribution in [0.15, 0.2) is 78.4 Å². The molecule has 35 heavy (non-hydrogen) atoms. The molecule has 0 saturated carbocycles. The van der Waals surface area contributed by atoms with Gasteiger partial charge in [-0.05, 0) is 74.4 Å². The average Bonchev–Trinajstić information content (AvgIpc) is 3.13. The Morgan fingerprint density at radius 3 is 2.20 bits per heavy atom. The Morgan fingerprint density at radius 1 is 0.914 bits per heavy atom. The van der Waals surface area contributed by atoms with Crippen LogP contribution in [0.5, 0.6) is 11.5 Å². The van der Waals surface area contributed by atoms with Crippen molar-refractivity contribution in [2.75, 3.05) is 18.1 Å². The zero-order valence-corrected chi connectivity index (χ0v) is 20.2. The van der Waals surface area contributed by atoms with Crippen LogP contribution in [-0.2, 0) is 9.59 Å². The molecule has 1 amide bonds. The molecule has 4 rings (SSSR count). The minimum Gasteiger partial charge on any atom is -0.507 e. The number of aryl methyl sites for hydroxylation is 1. The molecular formula is C29H29NO5. The highest BCUT2D eigenvalue weighted by Gasteiger charge is 2.47. The second-order valence-corrected chi connectivity index (χ2v) is 8.38. The van der Waals surface area contributed by atoms with Crippen LogP contribution in [0.25, 0.3) is 5.76 Å². The predicted octanol–water partition coefficient (Wildman–Crippen LogP) is 5.81. The molecule has 1 aliphatic rings. The van der Waals surface area contributed by atoms with E-state index in [4.69, 9.17) is 9.47 Å². The first-order valence-electron chi connectivity index (χ1n) is 11.8. The van der Waals surface area contributed by atoms with Crippen LogP contribution < -0.4 is 14.4 Å². The maximum atomic E-state index is 13.3. The van der Waals surface area contributed by atoms with Crippen molar-refractivity contribution in [3.63, 3.8) is 0 Å². The molecule has 1 heterocycles. The van der Waals surface area contributed by atoms with Gasteiger partial charge in [-0.15, -0.1) is 0 Å². The molecule has 1 fully saturated rings. The van der Waals surface area contributed by atoms with Gasteiger partial charge in [0.15, 0.2) is 0 Å². The van der Waals surface area contributed by atoms with Gasteiger partial charge in [-0.2, -0.15) is 0 Å². The predicted molar refractivity (Wildman–Crippen MR) is 136 cm³/mol. The molecule has 0 bridgehead atoms. The minimum absolute atomic E-state index is 0.0525. The summed E-state index contributed by atoms with van der Waals surface area (Å²) < 4.78 is 11.1. The Hall–Kier alpha value is -4.06. The Balaban J connectivity index is 1.82. The molecule has 6 nitrogen and oxygen atoms in total. The zero-order chi connectivity index (χ0) is 24.9. The van der Waals surface area contributed by atoms with Gasteiger partial charge in [0.25, 0.3) is 11.7 Å². The van der Waals surface area contributed by atoms with Gasteiger partial charge in [0.05, 0.1) is 24.8 Å². The van der Waals surface area contributed by atoms with Crippen molar-refractivity contribution in [3.8, 4) is 11.5 Å². The molecule has 180 valence electrons. The lowest BCUT2D eigenvalue weighted by atomic mass is 9.94. The molecule has 0 aromatic heterocycles. The molecule has 1 unspecified atom stereocenters. The largest absolute Gasteiger partial charge is 0.507 e. The van der Waals surface area contributed by atoms with Gasteiger partial charge in [-0.3, -0.25) is 14.5 Å². The van der Waals surface area contributed by atoms with Crippen LogP contribution in [0.3, 0.4) is 0 Å². The summed E-state index contributed by atoms with van der Waals surface area (Å²) in [4.78, 5) is 28.0. The lowest BCUT2D eigenvalue weighted by Gasteiger charge is -2.26. The number of amides is 1. The van der Waals surface area contributed by atoms with Gasteiger partial charge in [-0.25, -0.2) is 0 Å². The number of ketones is 1. The Labute approximate surface area is 205 Å². The van der Waals surface area contributed by atoms with E-state index >= 15 is 0 Å². The number of ether oxygens (including phenoxy) is 2. The van der Waals surface area contributed by atoms with Crippen molar-refractivity contribution in [1.82, 2.24) is 0 Å². The van der Waals surface area contributed by atoms with Gasteiger partial charge < -0.3 is 14.6 Å². The first kappa shape index (κ1) is 24.1. The number of carbonyl (C=O) groups is 2. The van der Waals surface area contributed by atoms with E-state index in [1.807, 2.05) is 45.0 Å². The van der Waals surface area contributed by atoms with E-state index in [1.165, 1.54) is 4.90 Å². The Morgan fingerprint density at radius 2 is 1.57 bits per heavy atom. The standard InChI is InChI=1S/C29H29NO5/c1-4-17-35-24-13-9-20(10-14-24)27(31)25-26(21-8-6-7-19(3)18-21)30(29(33)28(25)32)22-11-15-23(16-12-22)34-5-2/h6-16,18,26,31H,4-5,17H2,1-3H3/b27-25-. The molecule has 3 aromatic rings. The van der Waals surface area contributed by atoms with E-state index in [0.29, 0.717) is 36.0 Å². The fourth-order valence-electron chi connectivity index (χ4n) is 4.21. The van der Waals surface area contributed by atoms with Crippen LogP contribution in [0, 0.1) is 6.92 Å². The summed E-state index contributed by atoms with van der Waals surface area (Å²) in [5.74, 6) is -0.288. The number of anilines is 1. The number of Topliss-reactive ketones (excluding diaryl/α,β-unsaturated/α-hetero) is 1. The number of benzene rings is 3. The summed E-state index contributed by atoms with van der Waals surface area (Å²) in [5.41, 5.74) is 2.76. The number of hydrogen-bond acceptors (Lipinski definition) is 5. The summed E-state index contributed by atoms with van der Waals surface area (Å²) in [6.45, 7) is 6.98. The maximum absolute atomic E-state index is 13.3. The molecule has 1 atom stereocenters. The second kappa shape index (κ2) is 10.5. The first-order valence-corrected chi connectivity index (χ1v) is 11.8. The topological polar surface area (TPSA) is 76.1 Å². The highest BCUT2D eigenvalue weighted by molar-refractivity contribution is 6.51. The summed E-state index contributed by atoms with van der Waals surface area (Å²) in [6, 6.07) is 20.7. The quantitative estimate of drug-likeness (QED) is 0.255. The van der Waals surface area contributed by atoms with Crippen molar-refractivity contribution < 1.29 is 24.2 Å². The number of nitrogens with zero attached hydrogens (tertiary/aromatic N) is 1. The maximum Gasteiger partial charge on any atom is 0.300 e.